The molecule has 0 unspecified atom stereocenters. The number of hydrogen-bond acceptors (Lipinski definition) is 4. The summed E-state index contributed by atoms with van der Waals surface area (Å²) < 4.78 is 0. The molecule has 2 heterocycles. The molecule has 0 aliphatic carbocycles. The summed E-state index contributed by atoms with van der Waals surface area (Å²) in [6, 6.07) is 3.19. The molecule has 0 atom stereocenters. The smallest absolute Gasteiger partial charge is 0.272 e. The van der Waals surface area contributed by atoms with Crippen LogP contribution in [0.1, 0.15) is 5.69 Å². The summed E-state index contributed by atoms with van der Waals surface area (Å²) in [4.78, 5) is 23.0. The molecule has 7 heteroatoms. The summed E-state index contributed by atoms with van der Waals surface area (Å²) in [5.74, 6) is -0.631. The number of carbonyl (C=O) groups is 1. The second-order valence-corrected chi connectivity index (χ2v) is 4.22. The van der Waals surface area contributed by atoms with Gasteiger partial charge in [-0.05, 0) is 12.1 Å². The quantitative estimate of drug-likeness (QED) is 0.708. The van der Waals surface area contributed by atoms with E-state index >= 15 is 0 Å². The van der Waals surface area contributed by atoms with E-state index in [9.17, 15) is 9.59 Å². The Morgan fingerprint density at radius 1 is 1.39 bits per heavy atom. The molecule has 0 saturated heterocycles. The minimum absolute atomic E-state index is 0.200. The molecule has 3 rings (SSSR count). The van der Waals surface area contributed by atoms with Crippen LogP contribution in [0.2, 0.25) is 5.02 Å². The number of nitrogens with one attached hydrogen (secondary N) is 2. The summed E-state index contributed by atoms with van der Waals surface area (Å²) in [5, 5.41) is 10.4. The highest BCUT2D eigenvalue weighted by molar-refractivity contribution is 6.36. The molecule has 0 spiro atoms. The standard InChI is InChI=1S/C11H7ClN4O2/c12-6-2-1-4-7-8(15-16-11(4)18)5(10(13)17)3-14-9(6)7/h1-3,14H,(H2,13,17)(H,16,18). The van der Waals surface area contributed by atoms with Crippen LogP contribution in [-0.2, 0) is 4.79 Å². The third-order valence-electron chi connectivity index (χ3n) is 2.79. The van der Waals surface area contributed by atoms with Crippen molar-refractivity contribution in [2.24, 2.45) is 5.73 Å². The van der Waals surface area contributed by atoms with Gasteiger partial charge in [0.1, 0.15) is 5.69 Å². The van der Waals surface area contributed by atoms with Crippen LogP contribution in [0.3, 0.4) is 0 Å². The molecule has 0 fully saturated rings. The van der Waals surface area contributed by atoms with Crippen LogP contribution in [0.15, 0.2) is 23.1 Å². The van der Waals surface area contributed by atoms with Gasteiger partial charge in [0.2, 0.25) is 0 Å². The number of nitrogens with zero attached hydrogens (tertiary/aromatic N) is 1. The Hall–Kier alpha value is -2.34. The topological polar surface area (TPSA) is 101 Å². The number of anilines is 1. The molecule has 4 N–H and O–H groups in total. The lowest BCUT2D eigenvalue weighted by Crippen LogP contribution is -2.21. The van der Waals surface area contributed by atoms with E-state index < -0.39 is 5.91 Å². The van der Waals surface area contributed by atoms with Crippen LogP contribution in [-0.4, -0.2) is 16.1 Å². The number of carbonyl (C=O) groups excluding carboxylic acids is 1. The molecule has 0 radical (unpaired) electrons. The molecule has 18 heavy (non-hydrogen) atoms. The summed E-state index contributed by atoms with van der Waals surface area (Å²) in [5.41, 5.74) is 5.99. The summed E-state index contributed by atoms with van der Waals surface area (Å²) in [6.45, 7) is 0. The van der Waals surface area contributed by atoms with E-state index in [2.05, 4.69) is 15.5 Å². The van der Waals surface area contributed by atoms with E-state index in [1.54, 1.807) is 12.1 Å². The average Bonchev–Trinajstić information content (AvgIpc) is 2.35. The first-order valence-corrected chi connectivity index (χ1v) is 5.45. The monoisotopic (exact) mass is 262 g/mol. The second-order valence-electron chi connectivity index (χ2n) is 3.81. The highest BCUT2D eigenvalue weighted by Gasteiger charge is 2.22. The summed E-state index contributed by atoms with van der Waals surface area (Å²) >= 11 is 6.04. The van der Waals surface area contributed by atoms with Crippen LogP contribution < -0.4 is 16.6 Å². The number of rotatable bonds is 1. The van der Waals surface area contributed by atoms with Gasteiger partial charge in [-0.2, -0.15) is 5.10 Å². The number of aromatic nitrogens is 2. The predicted octanol–water partition coefficient (Wildman–Crippen LogP) is 0.828. The predicted molar refractivity (Wildman–Crippen MR) is 68.2 cm³/mol. The zero-order chi connectivity index (χ0) is 12.9. The van der Waals surface area contributed by atoms with Crippen molar-refractivity contribution in [3.8, 4) is 0 Å². The van der Waals surface area contributed by atoms with Gasteiger partial charge in [0, 0.05) is 11.6 Å². The van der Waals surface area contributed by atoms with E-state index in [-0.39, 0.29) is 11.1 Å². The van der Waals surface area contributed by atoms with Crippen LogP contribution >= 0.6 is 11.6 Å². The lowest BCUT2D eigenvalue weighted by molar-refractivity contribution is -0.112. The third kappa shape index (κ3) is 1.32. The Labute approximate surface area is 105 Å². The maximum Gasteiger partial charge on any atom is 0.272 e. The van der Waals surface area contributed by atoms with E-state index in [0.717, 1.165) is 0 Å². The fraction of sp³-hybridized carbons (Fsp3) is 0. The van der Waals surface area contributed by atoms with Crippen LogP contribution in [0.4, 0.5) is 5.69 Å². The highest BCUT2D eigenvalue weighted by atomic mass is 35.5. The van der Waals surface area contributed by atoms with E-state index in [4.69, 9.17) is 17.3 Å². The van der Waals surface area contributed by atoms with Gasteiger partial charge in [0.15, 0.2) is 0 Å². The lowest BCUT2D eigenvalue weighted by Gasteiger charge is -2.17. The van der Waals surface area contributed by atoms with Crippen molar-refractivity contribution in [3.05, 3.63) is 39.4 Å². The molecule has 0 bridgehead atoms. The number of H-pyrrole nitrogens is 1. The first-order valence-electron chi connectivity index (χ1n) is 5.07. The number of amides is 1. The van der Waals surface area contributed by atoms with Crippen molar-refractivity contribution in [2.75, 3.05) is 5.32 Å². The van der Waals surface area contributed by atoms with Gasteiger partial charge in [0.25, 0.3) is 11.5 Å². The molecule has 1 aromatic heterocycles. The number of aromatic amines is 1. The molecule has 1 amide bonds. The van der Waals surface area contributed by atoms with Gasteiger partial charge in [0.05, 0.1) is 21.7 Å². The van der Waals surface area contributed by atoms with Gasteiger partial charge in [-0.25, -0.2) is 5.10 Å². The maximum absolute atomic E-state index is 11.7. The number of benzene rings is 1. The third-order valence-corrected chi connectivity index (χ3v) is 3.10. The van der Waals surface area contributed by atoms with Crippen molar-refractivity contribution >= 4 is 39.5 Å². The van der Waals surface area contributed by atoms with E-state index in [0.29, 0.717) is 27.2 Å². The number of halogens is 1. The van der Waals surface area contributed by atoms with Crippen LogP contribution in [0, 0.1) is 0 Å². The van der Waals surface area contributed by atoms with Gasteiger partial charge < -0.3 is 11.1 Å². The number of nitrogens with two attached hydrogens (primary N) is 1. The first-order chi connectivity index (χ1) is 8.59. The van der Waals surface area contributed by atoms with E-state index in [1.165, 1.54) is 6.20 Å². The van der Waals surface area contributed by atoms with Gasteiger partial charge >= 0.3 is 0 Å². The molecular weight excluding hydrogens is 256 g/mol. The molecule has 90 valence electrons. The van der Waals surface area contributed by atoms with Crippen molar-refractivity contribution in [2.45, 2.75) is 0 Å². The van der Waals surface area contributed by atoms with E-state index in [1.807, 2.05) is 0 Å². The number of primary amides is 1. The summed E-state index contributed by atoms with van der Waals surface area (Å²) in [6.07, 6.45) is 1.43. The van der Waals surface area contributed by atoms with Gasteiger partial charge in [-0.15, -0.1) is 0 Å². The van der Waals surface area contributed by atoms with Crippen molar-refractivity contribution in [1.82, 2.24) is 10.2 Å². The fourth-order valence-electron chi connectivity index (χ4n) is 1.97. The van der Waals surface area contributed by atoms with Gasteiger partial charge in [-0.3, -0.25) is 9.59 Å². The molecular formula is C11H7ClN4O2. The lowest BCUT2D eigenvalue weighted by atomic mass is 10.0. The normalized spacial score (nSPS) is 13.1. The first kappa shape index (κ1) is 10.8. The zero-order valence-corrected chi connectivity index (χ0v) is 9.71. The van der Waals surface area contributed by atoms with Crippen LogP contribution in [0.5, 0.6) is 0 Å². The van der Waals surface area contributed by atoms with Gasteiger partial charge in [-0.1, -0.05) is 11.6 Å². The Balaban J connectivity index is 2.51. The van der Waals surface area contributed by atoms with Crippen molar-refractivity contribution in [3.63, 3.8) is 0 Å². The molecule has 1 aromatic carbocycles. The Bertz CT molecular complexity index is 778. The molecule has 2 aromatic rings. The minimum Gasteiger partial charge on any atom is -0.365 e. The van der Waals surface area contributed by atoms with Crippen LogP contribution in [0.25, 0.3) is 16.3 Å². The number of hydrogen-bond donors (Lipinski definition) is 3. The minimum atomic E-state index is -0.631. The average molecular weight is 263 g/mol. The fourth-order valence-corrected chi connectivity index (χ4v) is 2.18. The maximum atomic E-state index is 11.7. The molecule has 1 aliphatic heterocycles. The highest BCUT2D eigenvalue weighted by Crippen LogP contribution is 2.36. The molecule has 6 nitrogen and oxygen atoms in total. The summed E-state index contributed by atoms with van der Waals surface area (Å²) in [7, 11) is 0. The van der Waals surface area contributed by atoms with Crippen molar-refractivity contribution in [1.29, 1.82) is 0 Å². The zero-order valence-electron chi connectivity index (χ0n) is 8.95. The molecule has 1 aliphatic rings. The Morgan fingerprint density at radius 3 is 2.89 bits per heavy atom. The Kier molecular flexibility index (Phi) is 2.14. The second kappa shape index (κ2) is 3.58. The Morgan fingerprint density at radius 2 is 2.17 bits per heavy atom. The largest absolute Gasteiger partial charge is 0.365 e. The SMILES string of the molecule is NC(=O)C1=CNc2c(Cl)ccc3c(=O)[nH]nc1c23. The molecule has 0 saturated carbocycles. The van der Waals surface area contributed by atoms with Crippen molar-refractivity contribution < 1.29 is 4.79 Å².